The van der Waals surface area contributed by atoms with Gasteiger partial charge in [0.05, 0.1) is 0 Å². The van der Waals surface area contributed by atoms with Gasteiger partial charge in [-0.15, -0.1) is 10.2 Å². The standard InChI is InChI=1S/C17H15FN2O2/c1-11-3-8-15(9-12(11)2)21-10-16-19-20-17(22-16)13-4-6-14(18)7-5-13/h3-9H,10H2,1-2H3. The maximum Gasteiger partial charge on any atom is 0.254 e. The largest absolute Gasteiger partial charge is 0.484 e. The van der Waals surface area contributed by atoms with Crippen LogP contribution in [-0.4, -0.2) is 10.2 Å². The van der Waals surface area contributed by atoms with Gasteiger partial charge >= 0.3 is 0 Å². The predicted octanol–water partition coefficient (Wildman–Crippen LogP) is 4.07. The molecular weight excluding hydrogens is 283 g/mol. The Morgan fingerprint density at radius 3 is 2.50 bits per heavy atom. The SMILES string of the molecule is Cc1ccc(OCc2nnc(-c3ccc(F)cc3)o2)cc1C. The minimum atomic E-state index is -0.304. The fourth-order valence-corrected chi connectivity index (χ4v) is 1.97. The normalized spacial score (nSPS) is 10.7. The van der Waals surface area contributed by atoms with Crippen LogP contribution in [-0.2, 0) is 6.61 Å². The van der Waals surface area contributed by atoms with Gasteiger partial charge in [-0.1, -0.05) is 6.07 Å². The van der Waals surface area contributed by atoms with Gasteiger partial charge in [0.15, 0.2) is 6.61 Å². The molecule has 0 atom stereocenters. The van der Waals surface area contributed by atoms with E-state index in [0.717, 1.165) is 11.3 Å². The smallest absolute Gasteiger partial charge is 0.254 e. The third kappa shape index (κ3) is 3.14. The molecule has 2 aromatic carbocycles. The number of rotatable bonds is 4. The Morgan fingerprint density at radius 1 is 1.00 bits per heavy atom. The number of ether oxygens (including phenoxy) is 1. The van der Waals surface area contributed by atoms with Crippen molar-refractivity contribution in [3.05, 3.63) is 65.3 Å². The van der Waals surface area contributed by atoms with E-state index in [1.807, 2.05) is 32.0 Å². The van der Waals surface area contributed by atoms with Gasteiger partial charge in [-0.05, 0) is 61.4 Å². The molecule has 0 aliphatic rings. The summed E-state index contributed by atoms with van der Waals surface area (Å²) in [6.45, 7) is 4.27. The molecule has 5 heteroatoms. The molecule has 3 aromatic rings. The first kappa shape index (κ1) is 14.3. The van der Waals surface area contributed by atoms with Crippen molar-refractivity contribution in [3.63, 3.8) is 0 Å². The highest BCUT2D eigenvalue weighted by Gasteiger charge is 2.09. The molecule has 0 amide bonds. The summed E-state index contributed by atoms with van der Waals surface area (Å²) in [6, 6.07) is 11.8. The van der Waals surface area contributed by atoms with Gasteiger partial charge in [-0.3, -0.25) is 0 Å². The van der Waals surface area contributed by atoms with Crippen molar-refractivity contribution in [3.8, 4) is 17.2 Å². The molecule has 0 N–H and O–H groups in total. The van der Waals surface area contributed by atoms with Crippen molar-refractivity contribution in [1.82, 2.24) is 10.2 Å². The molecule has 112 valence electrons. The Morgan fingerprint density at radius 2 is 1.77 bits per heavy atom. The summed E-state index contributed by atoms with van der Waals surface area (Å²) in [5, 5.41) is 7.88. The summed E-state index contributed by atoms with van der Waals surface area (Å²) >= 11 is 0. The Kier molecular flexibility index (Phi) is 3.87. The van der Waals surface area contributed by atoms with Gasteiger partial charge < -0.3 is 9.15 Å². The zero-order chi connectivity index (χ0) is 15.5. The van der Waals surface area contributed by atoms with Gasteiger partial charge in [0.2, 0.25) is 5.89 Å². The highest BCUT2D eigenvalue weighted by molar-refractivity contribution is 5.51. The quantitative estimate of drug-likeness (QED) is 0.728. The summed E-state index contributed by atoms with van der Waals surface area (Å²) in [6.07, 6.45) is 0. The summed E-state index contributed by atoms with van der Waals surface area (Å²) in [7, 11) is 0. The van der Waals surface area contributed by atoms with E-state index < -0.39 is 0 Å². The van der Waals surface area contributed by atoms with E-state index in [9.17, 15) is 4.39 Å². The Hall–Kier alpha value is -2.69. The highest BCUT2D eigenvalue weighted by atomic mass is 19.1. The molecule has 1 heterocycles. The lowest BCUT2D eigenvalue weighted by Gasteiger charge is -2.05. The van der Waals surface area contributed by atoms with Crippen molar-refractivity contribution < 1.29 is 13.5 Å². The second kappa shape index (κ2) is 5.97. The van der Waals surface area contributed by atoms with Crippen LogP contribution < -0.4 is 4.74 Å². The van der Waals surface area contributed by atoms with E-state index in [4.69, 9.17) is 9.15 Å². The minimum absolute atomic E-state index is 0.191. The molecular formula is C17H15FN2O2. The van der Waals surface area contributed by atoms with E-state index in [0.29, 0.717) is 17.3 Å². The monoisotopic (exact) mass is 298 g/mol. The Balaban J connectivity index is 1.69. The minimum Gasteiger partial charge on any atom is -0.484 e. The van der Waals surface area contributed by atoms with Gasteiger partial charge in [0, 0.05) is 5.56 Å². The third-order valence-corrected chi connectivity index (χ3v) is 3.40. The lowest BCUT2D eigenvalue weighted by molar-refractivity contribution is 0.264. The molecule has 1 aromatic heterocycles. The van der Waals surface area contributed by atoms with Gasteiger partial charge in [0.1, 0.15) is 11.6 Å². The van der Waals surface area contributed by atoms with Gasteiger partial charge in [0.25, 0.3) is 5.89 Å². The average Bonchev–Trinajstić information content (AvgIpc) is 2.98. The summed E-state index contributed by atoms with van der Waals surface area (Å²) < 4.78 is 24.0. The molecule has 0 radical (unpaired) electrons. The maximum atomic E-state index is 12.9. The van der Waals surface area contributed by atoms with Crippen LogP contribution in [0.2, 0.25) is 0 Å². The maximum absolute atomic E-state index is 12.9. The van der Waals surface area contributed by atoms with Crippen LogP contribution in [0.4, 0.5) is 4.39 Å². The third-order valence-electron chi connectivity index (χ3n) is 3.40. The number of halogens is 1. The number of nitrogens with zero attached hydrogens (tertiary/aromatic N) is 2. The first-order valence-corrected chi connectivity index (χ1v) is 6.90. The van der Waals surface area contributed by atoms with Crippen molar-refractivity contribution >= 4 is 0 Å². The summed E-state index contributed by atoms with van der Waals surface area (Å²) in [5.41, 5.74) is 3.05. The van der Waals surface area contributed by atoms with E-state index in [1.165, 1.54) is 17.7 Å². The number of aryl methyl sites for hydroxylation is 2. The Bertz CT molecular complexity index is 782. The average molecular weight is 298 g/mol. The summed E-state index contributed by atoms with van der Waals surface area (Å²) in [4.78, 5) is 0. The van der Waals surface area contributed by atoms with Crippen molar-refractivity contribution in [2.45, 2.75) is 20.5 Å². The predicted molar refractivity (Wildman–Crippen MR) is 79.9 cm³/mol. The summed E-state index contributed by atoms with van der Waals surface area (Å²) in [5.74, 6) is 1.17. The van der Waals surface area contributed by atoms with Gasteiger partial charge in [-0.2, -0.15) is 0 Å². The number of hydrogen-bond donors (Lipinski definition) is 0. The van der Waals surface area contributed by atoms with Gasteiger partial charge in [-0.25, -0.2) is 4.39 Å². The fraction of sp³-hybridized carbons (Fsp3) is 0.176. The topological polar surface area (TPSA) is 48.2 Å². The van der Waals surface area contributed by atoms with Crippen molar-refractivity contribution in [1.29, 1.82) is 0 Å². The number of aromatic nitrogens is 2. The second-order valence-electron chi connectivity index (χ2n) is 5.04. The van der Waals surface area contributed by atoms with E-state index >= 15 is 0 Å². The zero-order valence-electron chi connectivity index (χ0n) is 12.3. The molecule has 0 fully saturated rings. The first-order chi connectivity index (χ1) is 10.6. The van der Waals surface area contributed by atoms with E-state index in [1.54, 1.807) is 12.1 Å². The molecule has 0 aliphatic carbocycles. The molecule has 22 heavy (non-hydrogen) atoms. The van der Waals surface area contributed by atoms with Crippen LogP contribution in [0.25, 0.3) is 11.5 Å². The van der Waals surface area contributed by atoms with Crippen molar-refractivity contribution in [2.75, 3.05) is 0 Å². The molecule has 0 spiro atoms. The molecule has 0 saturated heterocycles. The zero-order valence-corrected chi connectivity index (χ0v) is 12.3. The van der Waals surface area contributed by atoms with Crippen LogP contribution in [0.5, 0.6) is 5.75 Å². The van der Waals surface area contributed by atoms with E-state index in [-0.39, 0.29) is 12.4 Å². The van der Waals surface area contributed by atoms with Crippen LogP contribution in [0.15, 0.2) is 46.9 Å². The first-order valence-electron chi connectivity index (χ1n) is 6.90. The lowest BCUT2D eigenvalue weighted by atomic mass is 10.1. The van der Waals surface area contributed by atoms with Crippen molar-refractivity contribution in [2.24, 2.45) is 0 Å². The Labute approximate surface area is 127 Å². The molecule has 0 aliphatic heterocycles. The molecule has 3 rings (SSSR count). The highest BCUT2D eigenvalue weighted by Crippen LogP contribution is 2.20. The lowest BCUT2D eigenvalue weighted by Crippen LogP contribution is -1.96. The number of benzene rings is 2. The van der Waals surface area contributed by atoms with E-state index in [2.05, 4.69) is 10.2 Å². The number of hydrogen-bond acceptors (Lipinski definition) is 4. The molecule has 0 bridgehead atoms. The fourth-order valence-electron chi connectivity index (χ4n) is 1.97. The second-order valence-corrected chi connectivity index (χ2v) is 5.04. The molecule has 0 unspecified atom stereocenters. The van der Waals surface area contributed by atoms with Crippen LogP contribution in [0, 0.1) is 19.7 Å². The van der Waals surface area contributed by atoms with Crippen LogP contribution in [0.1, 0.15) is 17.0 Å². The van der Waals surface area contributed by atoms with Crippen LogP contribution >= 0.6 is 0 Å². The molecule has 0 saturated carbocycles. The van der Waals surface area contributed by atoms with Crippen LogP contribution in [0.3, 0.4) is 0 Å². The molecule has 4 nitrogen and oxygen atoms in total.